The minimum Gasteiger partial charge on any atom is -0.379 e. The van der Waals surface area contributed by atoms with Crippen molar-refractivity contribution in [2.24, 2.45) is 16.5 Å². The van der Waals surface area contributed by atoms with Crippen LogP contribution in [0.5, 0.6) is 0 Å². The zero-order valence-electron chi connectivity index (χ0n) is 13.3. The number of hydrogen-bond donors (Lipinski definition) is 4. The number of morpholine rings is 1. The lowest BCUT2D eigenvalue weighted by molar-refractivity contribution is 0.0339. The van der Waals surface area contributed by atoms with Crippen molar-refractivity contribution in [2.45, 2.75) is 12.1 Å². The van der Waals surface area contributed by atoms with Gasteiger partial charge in [-0.05, 0) is 12.1 Å². The molecule has 0 amide bonds. The van der Waals surface area contributed by atoms with Gasteiger partial charge in [0.1, 0.15) is 5.66 Å². The number of hydrogen-bond acceptors (Lipinski definition) is 8. The Kier molecular flexibility index (Phi) is 4.01. The molecule has 2 aromatic rings. The lowest BCUT2D eigenvalue weighted by Crippen LogP contribution is -2.58. The normalized spacial score (nSPS) is 24.3. The number of ether oxygens (including phenoxy) is 1. The Morgan fingerprint density at radius 1 is 1.38 bits per heavy atom. The van der Waals surface area contributed by atoms with Crippen molar-refractivity contribution in [1.29, 1.82) is 0 Å². The molecule has 1 fully saturated rings. The maximum absolute atomic E-state index is 6.70. The molecule has 9 heteroatoms. The Bertz CT molecular complexity index is 735. The molecule has 1 atom stereocenters. The zero-order valence-corrected chi connectivity index (χ0v) is 14.1. The fourth-order valence-corrected chi connectivity index (χ4v) is 4.25. The summed E-state index contributed by atoms with van der Waals surface area (Å²) in [6, 6.07) is 3.95. The van der Waals surface area contributed by atoms with E-state index in [-0.39, 0.29) is 0 Å². The maximum atomic E-state index is 6.70. The summed E-state index contributed by atoms with van der Waals surface area (Å²) in [5.74, 6) is 0.362. The van der Waals surface area contributed by atoms with Gasteiger partial charge in [-0.25, -0.2) is 4.99 Å². The second-order valence-corrected chi connectivity index (χ2v) is 7.14. The van der Waals surface area contributed by atoms with Gasteiger partial charge in [0.15, 0.2) is 5.96 Å². The number of fused-ring (bicyclic) bond motifs is 1. The summed E-state index contributed by atoms with van der Waals surface area (Å²) >= 11 is 1.62. The van der Waals surface area contributed by atoms with E-state index in [1.165, 1.54) is 0 Å². The van der Waals surface area contributed by atoms with Gasteiger partial charge in [0, 0.05) is 32.3 Å². The summed E-state index contributed by atoms with van der Waals surface area (Å²) in [6.07, 6.45) is 2.48. The summed E-state index contributed by atoms with van der Waals surface area (Å²) in [6.45, 7) is 4.33. The van der Waals surface area contributed by atoms with Crippen molar-refractivity contribution in [3.63, 3.8) is 0 Å². The quantitative estimate of drug-likeness (QED) is 0.640. The topological polar surface area (TPSA) is 118 Å². The molecule has 4 heterocycles. The predicted molar refractivity (Wildman–Crippen MR) is 94.1 cm³/mol. The number of H-pyrrole nitrogens is 1. The molecule has 0 saturated carbocycles. The van der Waals surface area contributed by atoms with Crippen LogP contribution in [0.2, 0.25) is 0 Å². The third-order valence-corrected chi connectivity index (χ3v) is 5.74. The number of rotatable bonds is 4. The van der Waals surface area contributed by atoms with Gasteiger partial charge in [0.25, 0.3) is 0 Å². The first-order valence-electron chi connectivity index (χ1n) is 7.99. The molecule has 4 rings (SSSR count). The van der Waals surface area contributed by atoms with E-state index in [0.717, 1.165) is 60.4 Å². The molecule has 2 aromatic heterocycles. The van der Waals surface area contributed by atoms with Crippen LogP contribution in [0.15, 0.2) is 23.3 Å². The standard InChI is InChI=1S/C15H21N7OS/c16-14-19-11-9-12(10-1-3-18-21-10)24-13(11)15(17,20-14)2-4-22-5-7-23-8-6-22/h1,3,9H,2,4-8,17H2,(H,18,21)(H3,16,19,20). The Morgan fingerprint density at radius 3 is 2.96 bits per heavy atom. The van der Waals surface area contributed by atoms with Crippen LogP contribution in [0, 0.1) is 0 Å². The highest BCUT2D eigenvalue weighted by atomic mass is 32.1. The summed E-state index contributed by atoms with van der Waals surface area (Å²) in [4.78, 5) is 8.84. The van der Waals surface area contributed by atoms with E-state index in [0.29, 0.717) is 5.96 Å². The Labute approximate surface area is 143 Å². The SMILES string of the molecule is NC1=Nc2cc(-c3ccn[nH]3)sc2C(N)(CCN2CCOCC2)N1. The van der Waals surface area contributed by atoms with Crippen molar-refractivity contribution in [3.05, 3.63) is 23.2 Å². The third-order valence-electron chi connectivity index (χ3n) is 4.40. The highest BCUT2D eigenvalue weighted by molar-refractivity contribution is 7.16. The molecule has 2 aliphatic rings. The molecule has 1 saturated heterocycles. The van der Waals surface area contributed by atoms with E-state index in [1.54, 1.807) is 17.5 Å². The van der Waals surface area contributed by atoms with Crippen molar-refractivity contribution in [2.75, 3.05) is 32.8 Å². The van der Waals surface area contributed by atoms with Crippen LogP contribution >= 0.6 is 11.3 Å². The molecular weight excluding hydrogens is 326 g/mol. The van der Waals surface area contributed by atoms with Crippen LogP contribution in [0.4, 0.5) is 5.69 Å². The number of nitrogens with zero attached hydrogens (tertiary/aromatic N) is 3. The summed E-state index contributed by atoms with van der Waals surface area (Å²) in [7, 11) is 0. The number of thiophene rings is 1. The monoisotopic (exact) mass is 347 g/mol. The van der Waals surface area contributed by atoms with Crippen LogP contribution in [0.3, 0.4) is 0 Å². The Morgan fingerprint density at radius 2 is 2.21 bits per heavy atom. The third kappa shape index (κ3) is 2.91. The van der Waals surface area contributed by atoms with Crippen LogP contribution < -0.4 is 16.8 Å². The smallest absolute Gasteiger partial charge is 0.195 e. The van der Waals surface area contributed by atoms with Gasteiger partial charge < -0.3 is 21.5 Å². The van der Waals surface area contributed by atoms with Crippen LogP contribution in [-0.2, 0) is 10.4 Å². The van der Waals surface area contributed by atoms with Crippen molar-refractivity contribution in [3.8, 4) is 10.6 Å². The number of aromatic amines is 1. The van der Waals surface area contributed by atoms with Crippen molar-refractivity contribution < 1.29 is 4.74 Å². The largest absolute Gasteiger partial charge is 0.379 e. The number of aromatic nitrogens is 2. The van der Waals surface area contributed by atoms with E-state index in [1.807, 2.05) is 12.1 Å². The van der Waals surface area contributed by atoms with Gasteiger partial charge >= 0.3 is 0 Å². The average molecular weight is 347 g/mol. The summed E-state index contributed by atoms with van der Waals surface area (Å²) in [5, 5.41) is 10.2. The fraction of sp³-hybridized carbons (Fsp3) is 0.467. The number of aliphatic imine (C=N–C) groups is 1. The average Bonchev–Trinajstić information content (AvgIpc) is 3.23. The Balaban J connectivity index is 1.59. The van der Waals surface area contributed by atoms with Gasteiger partial charge in [-0.1, -0.05) is 0 Å². The van der Waals surface area contributed by atoms with Crippen LogP contribution in [0.1, 0.15) is 11.3 Å². The molecule has 0 aromatic carbocycles. The highest BCUT2D eigenvalue weighted by Gasteiger charge is 2.36. The van der Waals surface area contributed by atoms with Crippen molar-refractivity contribution in [1.82, 2.24) is 20.4 Å². The van der Waals surface area contributed by atoms with Gasteiger partial charge in [-0.15, -0.1) is 11.3 Å². The maximum Gasteiger partial charge on any atom is 0.195 e. The molecule has 0 bridgehead atoms. The van der Waals surface area contributed by atoms with Crippen LogP contribution in [-0.4, -0.2) is 53.9 Å². The van der Waals surface area contributed by atoms with E-state index < -0.39 is 5.66 Å². The minimum absolute atomic E-state index is 0.362. The molecule has 6 N–H and O–H groups in total. The molecule has 24 heavy (non-hydrogen) atoms. The van der Waals surface area contributed by atoms with Crippen LogP contribution in [0.25, 0.3) is 10.6 Å². The minimum atomic E-state index is -0.706. The highest BCUT2D eigenvalue weighted by Crippen LogP contribution is 2.42. The molecule has 0 aliphatic carbocycles. The molecule has 1 unspecified atom stereocenters. The summed E-state index contributed by atoms with van der Waals surface area (Å²) in [5.41, 5.74) is 13.8. The lowest BCUT2D eigenvalue weighted by Gasteiger charge is -2.36. The van der Waals surface area contributed by atoms with Gasteiger partial charge in [-0.2, -0.15) is 5.10 Å². The first-order valence-corrected chi connectivity index (χ1v) is 8.81. The van der Waals surface area contributed by atoms with Gasteiger partial charge in [0.2, 0.25) is 0 Å². The molecule has 128 valence electrons. The van der Waals surface area contributed by atoms with E-state index in [4.69, 9.17) is 16.2 Å². The van der Waals surface area contributed by atoms with E-state index >= 15 is 0 Å². The second-order valence-electron chi connectivity index (χ2n) is 6.09. The first kappa shape index (κ1) is 15.6. The molecule has 2 aliphatic heterocycles. The van der Waals surface area contributed by atoms with E-state index in [2.05, 4.69) is 25.4 Å². The molecule has 8 nitrogen and oxygen atoms in total. The zero-order chi connectivity index (χ0) is 16.6. The Hall–Kier alpha value is -1.94. The molecule has 0 spiro atoms. The number of guanidine groups is 1. The molecular formula is C15H21N7OS. The van der Waals surface area contributed by atoms with Gasteiger partial charge in [0.05, 0.1) is 34.3 Å². The van der Waals surface area contributed by atoms with Gasteiger partial charge in [-0.3, -0.25) is 10.00 Å². The lowest BCUT2D eigenvalue weighted by atomic mass is 10.0. The van der Waals surface area contributed by atoms with Crippen molar-refractivity contribution >= 4 is 23.0 Å². The number of nitrogens with one attached hydrogen (secondary N) is 2. The molecule has 0 radical (unpaired) electrons. The van der Waals surface area contributed by atoms with E-state index in [9.17, 15) is 0 Å². The predicted octanol–water partition coefficient (Wildman–Crippen LogP) is 0.521. The number of nitrogens with two attached hydrogens (primary N) is 2. The first-order chi connectivity index (χ1) is 11.6. The second kappa shape index (κ2) is 6.17. The summed E-state index contributed by atoms with van der Waals surface area (Å²) < 4.78 is 5.40. The fourth-order valence-electron chi connectivity index (χ4n) is 3.09.